The Hall–Kier alpha value is -2.08. The first-order valence-corrected chi connectivity index (χ1v) is 7.89. The van der Waals surface area contributed by atoms with Crippen molar-refractivity contribution in [3.05, 3.63) is 57.9 Å². The van der Waals surface area contributed by atoms with E-state index in [1.54, 1.807) is 26.1 Å². The molecular formula is C18H20ClF3N2O. The topological polar surface area (TPSA) is 46.0 Å². The highest BCUT2D eigenvalue weighted by Crippen LogP contribution is 2.32. The molecule has 136 valence electrons. The van der Waals surface area contributed by atoms with Gasteiger partial charge in [0.15, 0.2) is 0 Å². The Kier molecular flexibility index (Phi) is 7.42. The Balaban J connectivity index is 0.000000257. The molecule has 0 unspecified atom stereocenters. The largest absolute Gasteiger partial charge is 0.496 e. The molecular weight excluding hydrogens is 353 g/mol. The molecule has 0 aliphatic rings. The summed E-state index contributed by atoms with van der Waals surface area (Å²) in [5.41, 5.74) is 2.32. The van der Waals surface area contributed by atoms with Crippen molar-refractivity contribution in [2.75, 3.05) is 7.11 Å². The van der Waals surface area contributed by atoms with Crippen LogP contribution in [0.3, 0.4) is 0 Å². The molecule has 0 fully saturated rings. The molecule has 0 atom stereocenters. The number of nitrogens with one attached hydrogen (secondary N) is 1. The second-order valence-electron chi connectivity index (χ2n) is 5.32. The van der Waals surface area contributed by atoms with Crippen LogP contribution in [0.2, 0.25) is 5.15 Å². The molecule has 0 radical (unpaired) electrons. The summed E-state index contributed by atoms with van der Waals surface area (Å²) in [5.74, 6) is 0.500. The van der Waals surface area contributed by atoms with Gasteiger partial charge in [-0.1, -0.05) is 18.5 Å². The van der Waals surface area contributed by atoms with Crippen molar-refractivity contribution in [2.45, 2.75) is 33.4 Å². The zero-order valence-electron chi connectivity index (χ0n) is 14.5. The molecule has 0 spiro atoms. The Morgan fingerprint density at radius 3 is 2.36 bits per heavy atom. The van der Waals surface area contributed by atoms with E-state index in [2.05, 4.69) is 4.98 Å². The fraction of sp³-hybridized carbons (Fsp3) is 0.333. The standard InChI is InChI=1S/C10H11F3O.C8H9ClN2/c1-3-7-6-8(10(11,12)13)4-5-9(7)14-2;1-5-3-8(9)11-4-7(5)6(2)10/h4-6H,3H2,1-2H3;3-4,10H,1-2H3. The molecule has 1 aromatic heterocycles. The van der Waals surface area contributed by atoms with Crippen LogP contribution in [0.25, 0.3) is 0 Å². The predicted octanol–water partition coefficient (Wildman–Crippen LogP) is 5.71. The summed E-state index contributed by atoms with van der Waals surface area (Å²) >= 11 is 5.64. The number of benzene rings is 1. The summed E-state index contributed by atoms with van der Waals surface area (Å²) in [6.45, 7) is 5.44. The van der Waals surface area contributed by atoms with Crippen LogP contribution in [0.15, 0.2) is 30.5 Å². The van der Waals surface area contributed by atoms with Crippen LogP contribution in [0.5, 0.6) is 5.75 Å². The van der Waals surface area contributed by atoms with E-state index in [0.717, 1.165) is 23.3 Å². The molecule has 3 nitrogen and oxygen atoms in total. The normalized spacial score (nSPS) is 10.7. The molecule has 0 saturated heterocycles. The second kappa shape index (κ2) is 8.85. The third kappa shape index (κ3) is 6.05. The maximum atomic E-state index is 12.3. The average molecular weight is 373 g/mol. The van der Waals surface area contributed by atoms with Crippen LogP contribution in [0, 0.1) is 12.3 Å². The van der Waals surface area contributed by atoms with Crippen molar-refractivity contribution >= 4 is 17.3 Å². The molecule has 25 heavy (non-hydrogen) atoms. The van der Waals surface area contributed by atoms with E-state index in [-0.39, 0.29) is 0 Å². The van der Waals surface area contributed by atoms with Crippen LogP contribution < -0.4 is 4.74 Å². The maximum absolute atomic E-state index is 12.3. The number of aryl methyl sites for hydroxylation is 2. The van der Waals surface area contributed by atoms with E-state index in [1.807, 2.05) is 6.92 Å². The van der Waals surface area contributed by atoms with Gasteiger partial charge in [-0.05, 0) is 55.7 Å². The SMILES string of the molecule is CC(=N)c1cnc(Cl)cc1C.CCc1cc(C(F)(F)F)ccc1OC. The van der Waals surface area contributed by atoms with Gasteiger partial charge in [0.2, 0.25) is 0 Å². The maximum Gasteiger partial charge on any atom is 0.416 e. The molecule has 1 N–H and O–H groups in total. The number of halogens is 4. The van der Waals surface area contributed by atoms with Crippen LogP contribution in [0.1, 0.15) is 36.1 Å². The third-order valence-electron chi connectivity index (χ3n) is 3.47. The van der Waals surface area contributed by atoms with Crippen molar-refractivity contribution in [3.63, 3.8) is 0 Å². The molecule has 0 aliphatic heterocycles. The summed E-state index contributed by atoms with van der Waals surface area (Å²) in [4.78, 5) is 3.89. The van der Waals surface area contributed by atoms with Gasteiger partial charge in [-0.2, -0.15) is 13.2 Å². The molecule has 0 saturated carbocycles. The Labute approximate surface area is 150 Å². The summed E-state index contributed by atoms with van der Waals surface area (Å²) in [7, 11) is 1.45. The lowest BCUT2D eigenvalue weighted by Gasteiger charge is -2.11. The number of methoxy groups -OCH3 is 1. The van der Waals surface area contributed by atoms with Crippen molar-refractivity contribution < 1.29 is 17.9 Å². The smallest absolute Gasteiger partial charge is 0.416 e. The third-order valence-corrected chi connectivity index (χ3v) is 3.68. The van der Waals surface area contributed by atoms with Crippen LogP contribution in [-0.2, 0) is 12.6 Å². The predicted molar refractivity (Wildman–Crippen MR) is 93.9 cm³/mol. The first-order valence-electron chi connectivity index (χ1n) is 7.51. The zero-order valence-corrected chi connectivity index (χ0v) is 15.2. The Morgan fingerprint density at radius 1 is 1.28 bits per heavy atom. The van der Waals surface area contributed by atoms with Crippen LogP contribution >= 0.6 is 11.6 Å². The van der Waals surface area contributed by atoms with E-state index in [0.29, 0.717) is 28.6 Å². The van der Waals surface area contributed by atoms with Gasteiger partial charge in [-0.3, -0.25) is 0 Å². The number of hydrogen-bond acceptors (Lipinski definition) is 3. The molecule has 2 aromatic rings. The monoisotopic (exact) mass is 372 g/mol. The Bertz CT molecular complexity index is 746. The van der Waals surface area contributed by atoms with Gasteiger partial charge >= 0.3 is 6.18 Å². The Morgan fingerprint density at radius 2 is 1.92 bits per heavy atom. The van der Waals surface area contributed by atoms with Gasteiger partial charge < -0.3 is 10.1 Å². The highest BCUT2D eigenvalue weighted by molar-refractivity contribution is 6.29. The van der Waals surface area contributed by atoms with Gasteiger partial charge in [0.05, 0.1) is 12.7 Å². The molecule has 0 amide bonds. The molecule has 2 rings (SSSR count). The number of aromatic nitrogens is 1. The minimum Gasteiger partial charge on any atom is -0.496 e. The first kappa shape index (κ1) is 21.0. The minimum absolute atomic E-state index is 0.479. The number of hydrogen-bond donors (Lipinski definition) is 1. The van der Waals surface area contributed by atoms with Gasteiger partial charge in [0, 0.05) is 17.5 Å². The van der Waals surface area contributed by atoms with Gasteiger partial charge in [0.1, 0.15) is 10.9 Å². The van der Waals surface area contributed by atoms with E-state index in [4.69, 9.17) is 21.7 Å². The number of nitrogens with zero attached hydrogens (tertiary/aromatic N) is 1. The molecule has 1 heterocycles. The average Bonchev–Trinajstić information content (AvgIpc) is 2.53. The van der Waals surface area contributed by atoms with E-state index in [1.165, 1.54) is 13.2 Å². The summed E-state index contributed by atoms with van der Waals surface area (Å²) in [6.07, 6.45) is -2.14. The first-order chi connectivity index (χ1) is 11.6. The second-order valence-corrected chi connectivity index (χ2v) is 5.71. The summed E-state index contributed by atoms with van der Waals surface area (Å²) < 4.78 is 41.8. The lowest BCUT2D eigenvalue weighted by molar-refractivity contribution is -0.137. The number of rotatable bonds is 3. The molecule has 1 aromatic carbocycles. The zero-order chi connectivity index (χ0) is 19.2. The lowest BCUT2D eigenvalue weighted by atomic mass is 10.1. The fourth-order valence-electron chi connectivity index (χ4n) is 2.15. The van der Waals surface area contributed by atoms with Crippen LogP contribution in [-0.4, -0.2) is 17.8 Å². The highest BCUT2D eigenvalue weighted by atomic mass is 35.5. The molecule has 7 heteroatoms. The fourth-order valence-corrected chi connectivity index (χ4v) is 2.36. The number of alkyl halides is 3. The van der Waals surface area contributed by atoms with E-state index >= 15 is 0 Å². The van der Waals surface area contributed by atoms with E-state index in [9.17, 15) is 13.2 Å². The summed E-state index contributed by atoms with van der Waals surface area (Å²) in [6, 6.07) is 5.26. The van der Waals surface area contributed by atoms with Crippen molar-refractivity contribution in [2.24, 2.45) is 0 Å². The van der Waals surface area contributed by atoms with Gasteiger partial charge in [-0.15, -0.1) is 0 Å². The molecule has 0 bridgehead atoms. The van der Waals surface area contributed by atoms with Crippen molar-refractivity contribution in [3.8, 4) is 5.75 Å². The minimum atomic E-state index is -4.28. The van der Waals surface area contributed by atoms with Gasteiger partial charge in [-0.25, -0.2) is 4.98 Å². The molecule has 0 aliphatic carbocycles. The highest BCUT2D eigenvalue weighted by Gasteiger charge is 2.30. The van der Waals surface area contributed by atoms with Crippen LogP contribution in [0.4, 0.5) is 13.2 Å². The van der Waals surface area contributed by atoms with Gasteiger partial charge in [0.25, 0.3) is 0 Å². The van der Waals surface area contributed by atoms with Crippen molar-refractivity contribution in [1.29, 1.82) is 5.41 Å². The number of ether oxygens (including phenoxy) is 1. The summed E-state index contributed by atoms with van der Waals surface area (Å²) in [5, 5.41) is 7.84. The number of pyridine rings is 1. The quantitative estimate of drug-likeness (QED) is 0.554. The van der Waals surface area contributed by atoms with E-state index < -0.39 is 11.7 Å². The van der Waals surface area contributed by atoms with Crippen molar-refractivity contribution in [1.82, 2.24) is 4.98 Å². The lowest BCUT2D eigenvalue weighted by Crippen LogP contribution is -2.05.